The van der Waals surface area contributed by atoms with E-state index in [-0.39, 0.29) is 11.9 Å². The van der Waals surface area contributed by atoms with Crippen LogP contribution in [0.4, 0.5) is 0 Å². The number of methoxy groups -OCH3 is 2. The van der Waals surface area contributed by atoms with Gasteiger partial charge in [-0.15, -0.1) is 0 Å². The smallest absolute Gasteiger partial charge is 0.163 e. The zero-order valence-corrected chi connectivity index (χ0v) is 10.0. The first kappa shape index (κ1) is 12.7. The second kappa shape index (κ2) is 6.28. The van der Waals surface area contributed by atoms with Gasteiger partial charge in [-0.05, 0) is 25.5 Å². The van der Waals surface area contributed by atoms with Gasteiger partial charge in [-0.1, -0.05) is 12.1 Å². The molecule has 0 fully saturated rings. The summed E-state index contributed by atoms with van der Waals surface area (Å²) in [7, 11) is 3.25. The third kappa shape index (κ3) is 3.66. The van der Waals surface area contributed by atoms with Crippen LogP contribution in [0.1, 0.15) is 30.1 Å². The van der Waals surface area contributed by atoms with Gasteiger partial charge in [-0.3, -0.25) is 4.79 Å². The normalized spacial score (nSPS) is 12.2. The summed E-state index contributed by atoms with van der Waals surface area (Å²) in [6.07, 6.45) is 1.36. The summed E-state index contributed by atoms with van der Waals surface area (Å²) in [4.78, 5) is 11.8. The third-order valence-corrected chi connectivity index (χ3v) is 2.57. The summed E-state index contributed by atoms with van der Waals surface area (Å²) >= 11 is 0. The van der Waals surface area contributed by atoms with E-state index < -0.39 is 0 Å². The Morgan fingerprint density at radius 1 is 1.38 bits per heavy atom. The lowest BCUT2D eigenvalue weighted by Crippen LogP contribution is -2.08. The maximum Gasteiger partial charge on any atom is 0.163 e. The van der Waals surface area contributed by atoms with Crippen LogP contribution in [-0.2, 0) is 4.74 Å². The van der Waals surface area contributed by atoms with Crippen LogP contribution in [0.15, 0.2) is 24.3 Å². The molecular weight excluding hydrogens is 204 g/mol. The van der Waals surface area contributed by atoms with Crippen molar-refractivity contribution in [3.63, 3.8) is 0 Å². The molecule has 0 heterocycles. The van der Waals surface area contributed by atoms with E-state index in [2.05, 4.69) is 0 Å². The topological polar surface area (TPSA) is 35.5 Å². The Labute approximate surface area is 96.4 Å². The largest absolute Gasteiger partial charge is 0.497 e. The number of hydrogen-bond donors (Lipinski definition) is 0. The summed E-state index contributed by atoms with van der Waals surface area (Å²) in [6.45, 7) is 1.96. The van der Waals surface area contributed by atoms with Gasteiger partial charge in [0.05, 0.1) is 13.2 Å². The van der Waals surface area contributed by atoms with Gasteiger partial charge in [0.2, 0.25) is 0 Å². The van der Waals surface area contributed by atoms with Crippen molar-refractivity contribution in [2.24, 2.45) is 0 Å². The zero-order chi connectivity index (χ0) is 12.0. The summed E-state index contributed by atoms with van der Waals surface area (Å²) in [6, 6.07) is 7.22. The van der Waals surface area contributed by atoms with Crippen molar-refractivity contribution in [2.75, 3.05) is 14.2 Å². The van der Waals surface area contributed by atoms with Crippen molar-refractivity contribution < 1.29 is 14.3 Å². The number of carbonyl (C=O) groups excluding carboxylic acids is 1. The van der Waals surface area contributed by atoms with Gasteiger partial charge < -0.3 is 9.47 Å². The monoisotopic (exact) mass is 222 g/mol. The van der Waals surface area contributed by atoms with E-state index in [0.29, 0.717) is 17.7 Å². The Balaban J connectivity index is 2.58. The number of rotatable bonds is 6. The van der Waals surface area contributed by atoms with Crippen LogP contribution >= 0.6 is 0 Å². The fourth-order valence-corrected chi connectivity index (χ4v) is 1.39. The van der Waals surface area contributed by atoms with Crippen LogP contribution in [0.25, 0.3) is 0 Å². The van der Waals surface area contributed by atoms with Crippen LogP contribution in [-0.4, -0.2) is 26.1 Å². The van der Waals surface area contributed by atoms with Crippen LogP contribution in [0, 0.1) is 0 Å². The molecule has 0 saturated heterocycles. The second-order valence-electron chi connectivity index (χ2n) is 3.74. The molecule has 0 saturated carbocycles. The van der Waals surface area contributed by atoms with Gasteiger partial charge in [0.1, 0.15) is 5.75 Å². The number of benzene rings is 1. The molecule has 3 nitrogen and oxygen atoms in total. The van der Waals surface area contributed by atoms with E-state index >= 15 is 0 Å². The summed E-state index contributed by atoms with van der Waals surface area (Å²) in [5.74, 6) is 0.841. The second-order valence-corrected chi connectivity index (χ2v) is 3.74. The molecule has 3 heteroatoms. The average Bonchev–Trinajstić information content (AvgIpc) is 2.35. The summed E-state index contributed by atoms with van der Waals surface area (Å²) in [5.41, 5.74) is 0.697. The maximum absolute atomic E-state index is 11.8. The van der Waals surface area contributed by atoms with E-state index in [4.69, 9.17) is 9.47 Å². The highest BCUT2D eigenvalue weighted by Gasteiger charge is 2.09. The summed E-state index contributed by atoms with van der Waals surface area (Å²) in [5, 5.41) is 0. The molecule has 0 N–H and O–H groups in total. The molecular formula is C13H18O3. The van der Waals surface area contributed by atoms with Crippen LogP contribution in [0.2, 0.25) is 0 Å². The number of carbonyl (C=O) groups is 1. The standard InChI is InChI=1S/C13H18O3/c1-10(15-2)7-8-13(14)11-5-4-6-12(9-11)16-3/h4-6,9-10H,7-8H2,1-3H3. The Kier molecular flexibility index (Phi) is 4.99. The number of ketones is 1. The van der Waals surface area contributed by atoms with Gasteiger partial charge in [0, 0.05) is 19.1 Å². The fourth-order valence-electron chi connectivity index (χ4n) is 1.39. The minimum Gasteiger partial charge on any atom is -0.497 e. The summed E-state index contributed by atoms with van der Waals surface area (Å²) < 4.78 is 10.2. The van der Waals surface area contributed by atoms with Gasteiger partial charge >= 0.3 is 0 Å². The van der Waals surface area contributed by atoms with Gasteiger partial charge in [0.25, 0.3) is 0 Å². The van der Waals surface area contributed by atoms with Crippen molar-refractivity contribution in [1.29, 1.82) is 0 Å². The molecule has 1 rings (SSSR count). The van der Waals surface area contributed by atoms with E-state index in [1.54, 1.807) is 20.3 Å². The van der Waals surface area contributed by atoms with Crippen molar-refractivity contribution in [1.82, 2.24) is 0 Å². The fraction of sp³-hybridized carbons (Fsp3) is 0.462. The van der Waals surface area contributed by atoms with Crippen LogP contribution < -0.4 is 4.74 Å². The molecule has 1 atom stereocenters. The average molecular weight is 222 g/mol. The molecule has 0 radical (unpaired) electrons. The van der Waals surface area contributed by atoms with E-state index in [1.165, 1.54) is 0 Å². The van der Waals surface area contributed by atoms with Gasteiger partial charge in [-0.25, -0.2) is 0 Å². The maximum atomic E-state index is 11.8. The van der Waals surface area contributed by atoms with Crippen LogP contribution in [0.5, 0.6) is 5.75 Å². The molecule has 1 aromatic carbocycles. The minimum atomic E-state index is 0.120. The third-order valence-electron chi connectivity index (χ3n) is 2.57. The molecule has 1 unspecified atom stereocenters. The lowest BCUT2D eigenvalue weighted by Gasteiger charge is -2.08. The van der Waals surface area contributed by atoms with Crippen molar-refractivity contribution in [3.8, 4) is 5.75 Å². The molecule has 88 valence electrons. The van der Waals surface area contributed by atoms with Crippen molar-refractivity contribution in [3.05, 3.63) is 29.8 Å². The van der Waals surface area contributed by atoms with E-state index in [1.807, 2.05) is 25.1 Å². The molecule has 0 amide bonds. The molecule has 0 aromatic heterocycles. The molecule has 0 aliphatic carbocycles. The number of ether oxygens (including phenoxy) is 2. The molecule has 0 aliphatic rings. The predicted octanol–water partition coefficient (Wildman–Crippen LogP) is 2.69. The molecule has 0 bridgehead atoms. The minimum absolute atomic E-state index is 0.120. The highest BCUT2D eigenvalue weighted by Crippen LogP contribution is 2.15. The first-order chi connectivity index (χ1) is 7.67. The quantitative estimate of drug-likeness (QED) is 0.694. The highest BCUT2D eigenvalue weighted by molar-refractivity contribution is 5.96. The van der Waals surface area contributed by atoms with Crippen LogP contribution in [0.3, 0.4) is 0 Å². The molecule has 0 aliphatic heterocycles. The predicted molar refractivity (Wildman–Crippen MR) is 63.0 cm³/mol. The lowest BCUT2D eigenvalue weighted by molar-refractivity contribution is 0.0877. The first-order valence-electron chi connectivity index (χ1n) is 5.37. The van der Waals surface area contributed by atoms with Gasteiger partial charge in [0.15, 0.2) is 5.78 Å². The Morgan fingerprint density at radius 3 is 2.75 bits per heavy atom. The van der Waals surface area contributed by atoms with Crippen molar-refractivity contribution in [2.45, 2.75) is 25.9 Å². The zero-order valence-electron chi connectivity index (χ0n) is 10.0. The molecule has 1 aromatic rings. The Bertz CT molecular complexity index is 347. The van der Waals surface area contributed by atoms with Crippen molar-refractivity contribution >= 4 is 5.78 Å². The highest BCUT2D eigenvalue weighted by atomic mass is 16.5. The Hall–Kier alpha value is -1.35. The SMILES string of the molecule is COc1cccc(C(=O)CCC(C)OC)c1. The van der Waals surface area contributed by atoms with E-state index in [0.717, 1.165) is 6.42 Å². The molecule has 0 spiro atoms. The number of hydrogen-bond acceptors (Lipinski definition) is 3. The lowest BCUT2D eigenvalue weighted by atomic mass is 10.0. The first-order valence-corrected chi connectivity index (χ1v) is 5.37. The number of Topliss-reactive ketones (excluding diaryl/α,β-unsaturated/α-hetero) is 1. The molecule has 16 heavy (non-hydrogen) atoms. The van der Waals surface area contributed by atoms with Gasteiger partial charge in [-0.2, -0.15) is 0 Å². The Morgan fingerprint density at radius 2 is 2.12 bits per heavy atom. The van der Waals surface area contributed by atoms with E-state index in [9.17, 15) is 4.79 Å².